The molecule has 3 nitrogen and oxygen atoms in total. The zero-order valence-corrected chi connectivity index (χ0v) is 13.3. The number of para-hydroxylation sites is 1. The van der Waals surface area contributed by atoms with E-state index in [1.54, 1.807) is 0 Å². The van der Waals surface area contributed by atoms with Gasteiger partial charge in [0.15, 0.2) is 5.13 Å². The van der Waals surface area contributed by atoms with Crippen LogP contribution in [0.2, 0.25) is 0 Å². The van der Waals surface area contributed by atoms with E-state index in [1.807, 2.05) is 11.3 Å². The highest BCUT2D eigenvalue weighted by Gasteiger charge is 2.21. The number of H-pyrrole nitrogens is 1. The topological polar surface area (TPSA) is 31.9 Å². The number of hydrogen-bond acceptors (Lipinski definition) is 3. The number of aromatic nitrogens is 2. The summed E-state index contributed by atoms with van der Waals surface area (Å²) in [6.45, 7) is 6.63. The number of nitrogens with zero attached hydrogens (tertiary/aromatic N) is 2. The molecule has 4 rings (SSSR count). The summed E-state index contributed by atoms with van der Waals surface area (Å²) in [5, 5.41) is 2.46. The first-order chi connectivity index (χ1) is 10.2. The molecule has 3 aromatic rings. The van der Waals surface area contributed by atoms with Crippen LogP contribution in [0.3, 0.4) is 0 Å². The van der Waals surface area contributed by atoms with Crippen molar-refractivity contribution >= 4 is 27.4 Å². The highest BCUT2D eigenvalue weighted by molar-refractivity contribution is 7.16. The summed E-state index contributed by atoms with van der Waals surface area (Å²) in [6.07, 6.45) is 2.58. The summed E-state index contributed by atoms with van der Waals surface area (Å²) in [4.78, 5) is 12.2. The third-order valence-corrected chi connectivity index (χ3v) is 5.32. The Morgan fingerprint density at radius 1 is 1.14 bits per heavy atom. The first kappa shape index (κ1) is 12.9. The van der Waals surface area contributed by atoms with Gasteiger partial charge in [0.25, 0.3) is 0 Å². The Labute approximate surface area is 128 Å². The Balaban J connectivity index is 1.86. The van der Waals surface area contributed by atoms with Crippen LogP contribution in [0, 0.1) is 13.8 Å². The van der Waals surface area contributed by atoms with Gasteiger partial charge < -0.3 is 9.88 Å². The van der Waals surface area contributed by atoms with Gasteiger partial charge in [0, 0.05) is 40.1 Å². The lowest BCUT2D eigenvalue weighted by molar-refractivity contribution is 0.949. The number of nitrogens with one attached hydrogen (secondary N) is 1. The van der Waals surface area contributed by atoms with E-state index in [9.17, 15) is 0 Å². The molecule has 1 fully saturated rings. The predicted molar refractivity (Wildman–Crippen MR) is 90.3 cm³/mol. The molecule has 2 aromatic heterocycles. The molecule has 1 aliphatic rings. The molecule has 0 saturated carbocycles. The standard InChI is InChI=1S/C17H19N3S/c1-11-15(13-7-3-4-8-14(13)18-11)16-12(2)21-17(19-16)20-9-5-6-10-20/h3-4,7-8,18H,5-6,9-10H2,1-2H3. The molecule has 3 heterocycles. The number of rotatable bonds is 2. The Bertz CT molecular complexity index is 794. The van der Waals surface area contributed by atoms with Crippen molar-refractivity contribution in [1.82, 2.24) is 9.97 Å². The van der Waals surface area contributed by atoms with Gasteiger partial charge in [-0.05, 0) is 32.8 Å². The average Bonchev–Trinajstić information content (AvgIpc) is 3.16. The molecule has 21 heavy (non-hydrogen) atoms. The molecule has 0 radical (unpaired) electrons. The molecule has 0 spiro atoms. The Kier molecular flexibility index (Phi) is 3.00. The number of hydrogen-bond donors (Lipinski definition) is 1. The Hall–Kier alpha value is -1.81. The Morgan fingerprint density at radius 2 is 1.90 bits per heavy atom. The molecule has 0 amide bonds. The van der Waals surface area contributed by atoms with Crippen molar-refractivity contribution in [3.63, 3.8) is 0 Å². The lowest BCUT2D eigenvalue weighted by Gasteiger charge is -2.12. The number of fused-ring (bicyclic) bond motifs is 1. The highest BCUT2D eigenvalue weighted by Crippen LogP contribution is 2.38. The minimum absolute atomic E-state index is 1.15. The molecule has 108 valence electrons. The van der Waals surface area contributed by atoms with Gasteiger partial charge in [-0.25, -0.2) is 4.98 Å². The van der Waals surface area contributed by atoms with Crippen LogP contribution in [0.4, 0.5) is 5.13 Å². The summed E-state index contributed by atoms with van der Waals surface area (Å²) in [7, 11) is 0. The van der Waals surface area contributed by atoms with E-state index in [0.29, 0.717) is 0 Å². The molecule has 0 bridgehead atoms. The normalized spacial score (nSPS) is 15.2. The summed E-state index contributed by atoms with van der Waals surface area (Å²) in [5.74, 6) is 0. The van der Waals surface area contributed by atoms with Gasteiger partial charge in [-0.3, -0.25) is 0 Å². The van der Waals surface area contributed by atoms with E-state index >= 15 is 0 Å². The monoisotopic (exact) mass is 297 g/mol. The van der Waals surface area contributed by atoms with Crippen LogP contribution in [-0.4, -0.2) is 23.1 Å². The van der Waals surface area contributed by atoms with Crippen LogP contribution in [0.1, 0.15) is 23.4 Å². The van der Waals surface area contributed by atoms with Crippen molar-refractivity contribution in [3.8, 4) is 11.3 Å². The largest absolute Gasteiger partial charge is 0.358 e. The van der Waals surface area contributed by atoms with Gasteiger partial charge in [0.2, 0.25) is 0 Å². The van der Waals surface area contributed by atoms with E-state index < -0.39 is 0 Å². The molecular formula is C17H19N3S. The first-order valence-electron chi connectivity index (χ1n) is 7.54. The van der Waals surface area contributed by atoms with Crippen LogP contribution in [-0.2, 0) is 0 Å². The molecule has 0 atom stereocenters. The second-order valence-electron chi connectivity index (χ2n) is 5.77. The fourth-order valence-electron chi connectivity index (χ4n) is 3.24. The van der Waals surface area contributed by atoms with Crippen molar-refractivity contribution in [1.29, 1.82) is 0 Å². The van der Waals surface area contributed by atoms with Crippen molar-refractivity contribution in [2.75, 3.05) is 18.0 Å². The number of thiazole rings is 1. The molecular weight excluding hydrogens is 278 g/mol. The third kappa shape index (κ3) is 2.05. The lowest BCUT2D eigenvalue weighted by Crippen LogP contribution is -2.17. The first-order valence-corrected chi connectivity index (χ1v) is 8.36. The summed E-state index contributed by atoms with van der Waals surface area (Å²) in [6, 6.07) is 8.49. The highest BCUT2D eigenvalue weighted by atomic mass is 32.1. The maximum absolute atomic E-state index is 4.97. The second kappa shape index (κ2) is 4.88. The third-order valence-electron chi connectivity index (χ3n) is 4.29. The van der Waals surface area contributed by atoms with Gasteiger partial charge in [0.1, 0.15) is 0 Å². The maximum Gasteiger partial charge on any atom is 0.186 e. The molecule has 1 saturated heterocycles. The maximum atomic E-state index is 4.97. The molecule has 4 heteroatoms. The minimum Gasteiger partial charge on any atom is -0.358 e. The van der Waals surface area contributed by atoms with E-state index in [2.05, 4.69) is 48.0 Å². The van der Waals surface area contributed by atoms with Crippen LogP contribution in [0.5, 0.6) is 0 Å². The predicted octanol–water partition coefficient (Wildman–Crippen LogP) is 4.51. The van der Waals surface area contributed by atoms with E-state index in [0.717, 1.165) is 18.8 Å². The second-order valence-corrected chi connectivity index (χ2v) is 6.95. The Morgan fingerprint density at radius 3 is 2.71 bits per heavy atom. The van der Waals surface area contributed by atoms with Crippen molar-refractivity contribution < 1.29 is 0 Å². The molecule has 0 aliphatic carbocycles. The fourth-order valence-corrected chi connectivity index (χ4v) is 4.21. The number of benzene rings is 1. The number of aromatic amines is 1. The van der Waals surface area contributed by atoms with Crippen molar-refractivity contribution in [2.45, 2.75) is 26.7 Å². The molecule has 1 aliphatic heterocycles. The van der Waals surface area contributed by atoms with Crippen molar-refractivity contribution in [3.05, 3.63) is 34.8 Å². The smallest absolute Gasteiger partial charge is 0.186 e. The minimum atomic E-state index is 1.15. The van der Waals surface area contributed by atoms with Crippen molar-refractivity contribution in [2.24, 2.45) is 0 Å². The van der Waals surface area contributed by atoms with E-state index in [4.69, 9.17) is 4.98 Å². The lowest BCUT2D eigenvalue weighted by atomic mass is 10.1. The fraction of sp³-hybridized carbons (Fsp3) is 0.353. The van der Waals surface area contributed by atoms with Gasteiger partial charge in [0.05, 0.1) is 5.69 Å². The van der Waals surface area contributed by atoms with Gasteiger partial charge in [-0.2, -0.15) is 0 Å². The van der Waals surface area contributed by atoms with Crippen LogP contribution >= 0.6 is 11.3 Å². The van der Waals surface area contributed by atoms with Crippen LogP contribution < -0.4 is 4.90 Å². The zero-order valence-electron chi connectivity index (χ0n) is 12.4. The quantitative estimate of drug-likeness (QED) is 0.754. The van der Waals surface area contributed by atoms with E-state index in [-0.39, 0.29) is 0 Å². The number of aryl methyl sites for hydroxylation is 2. The van der Waals surface area contributed by atoms with Gasteiger partial charge in [-0.15, -0.1) is 11.3 Å². The summed E-state index contributed by atoms with van der Waals surface area (Å²) < 4.78 is 0. The SMILES string of the molecule is Cc1[nH]c2ccccc2c1-c1nc(N2CCCC2)sc1C. The van der Waals surface area contributed by atoms with Crippen LogP contribution in [0.15, 0.2) is 24.3 Å². The average molecular weight is 297 g/mol. The number of anilines is 1. The van der Waals surface area contributed by atoms with Crippen LogP contribution in [0.25, 0.3) is 22.2 Å². The van der Waals surface area contributed by atoms with Gasteiger partial charge in [-0.1, -0.05) is 18.2 Å². The van der Waals surface area contributed by atoms with E-state index in [1.165, 1.54) is 45.0 Å². The molecule has 1 N–H and O–H groups in total. The summed E-state index contributed by atoms with van der Waals surface area (Å²) >= 11 is 1.83. The molecule has 1 aromatic carbocycles. The summed E-state index contributed by atoms with van der Waals surface area (Å²) in [5.41, 5.74) is 4.82. The molecule has 0 unspecified atom stereocenters. The zero-order chi connectivity index (χ0) is 14.4. The van der Waals surface area contributed by atoms with Gasteiger partial charge >= 0.3 is 0 Å².